The monoisotopic (exact) mass is 496 g/mol. The molecule has 37 heavy (non-hydrogen) atoms. The van der Waals surface area contributed by atoms with E-state index in [1.54, 1.807) is 0 Å². The van der Waals surface area contributed by atoms with Gasteiger partial charge >= 0.3 is 0 Å². The number of rotatable bonds is 8. The fourth-order valence-electron chi connectivity index (χ4n) is 3.38. The first-order chi connectivity index (χ1) is 17.9. The Morgan fingerprint density at radius 2 is 1.22 bits per heavy atom. The van der Waals surface area contributed by atoms with Crippen LogP contribution < -0.4 is 4.90 Å². The highest BCUT2D eigenvalue weighted by Gasteiger charge is 2.07. The maximum absolute atomic E-state index is 8.58. The summed E-state index contributed by atoms with van der Waals surface area (Å²) in [6, 6.07) is 25.1. The van der Waals surface area contributed by atoms with Crippen LogP contribution >= 0.6 is 0 Å². The van der Waals surface area contributed by atoms with Gasteiger partial charge in [-0.1, -0.05) is 118 Å². The molecule has 0 saturated heterocycles. The van der Waals surface area contributed by atoms with Crippen LogP contribution in [-0.2, 0) is 0 Å². The van der Waals surface area contributed by atoms with Gasteiger partial charge in [0.05, 0.1) is 5.56 Å². The summed E-state index contributed by atoms with van der Waals surface area (Å²) >= 11 is 0. The van der Waals surface area contributed by atoms with Crippen molar-refractivity contribution in [2.45, 2.75) is 48.0 Å². The Morgan fingerprint density at radius 1 is 0.703 bits per heavy atom. The van der Waals surface area contributed by atoms with E-state index in [1.807, 2.05) is 60.0 Å². The molecule has 3 aromatic carbocycles. The number of benzene rings is 3. The molecule has 0 fully saturated rings. The molecule has 0 unspecified atom stereocenters. The van der Waals surface area contributed by atoms with E-state index in [1.165, 1.54) is 22.4 Å². The second kappa shape index (κ2) is 17.6. The van der Waals surface area contributed by atoms with Crippen LogP contribution in [-0.4, -0.2) is 19.2 Å². The highest BCUT2D eigenvalue weighted by Crippen LogP contribution is 2.23. The van der Waals surface area contributed by atoms with Gasteiger partial charge in [-0.2, -0.15) is 0 Å². The third kappa shape index (κ3) is 11.2. The predicted octanol–water partition coefficient (Wildman–Crippen LogP) is 9.23. The molecular weight excluding hydrogens is 450 g/mol. The quantitative estimate of drug-likeness (QED) is 0.173. The first-order valence-corrected chi connectivity index (χ1v) is 13.3. The molecule has 0 aliphatic carbocycles. The molecule has 0 amide bonds. The highest BCUT2D eigenvalue weighted by atomic mass is 16.3. The molecule has 3 aromatic rings. The summed E-state index contributed by atoms with van der Waals surface area (Å²) in [7, 11) is 4.09. The van der Waals surface area contributed by atoms with Gasteiger partial charge in [0.1, 0.15) is 0 Å². The second-order valence-electron chi connectivity index (χ2n) is 8.46. The van der Waals surface area contributed by atoms with E-state index in [9.17, 15) is 0 Å². The summed E-state index contributed by atoms with van der Waals surface area (Å²) < 4.78 is 0. The van der Waals surface area contributed by atoms with Crippen molar-refractivity contribution in [2.24, 2.45) is 0 Å². The Kier molecular flexibility index (Phi) is 14.9. The van der Waals surface area contributed by atoms with Crippen molar-refractivity contribution in [3.63, 3.8) is 0 Å². The lowest BCUT2D eigenvalue weighted by Crippen LogP contribution is -2.07. The predicted molar refractivity (Wildman–Crippen MR) is 168 cm³/mol. The fraction of sp³-hybridized carbons (Fsp3) is 0.257. The second-order valence-corrected chi connectivity index (χ2v) is 8.46. The van der Waals surface area contributed by atoms with E-state index in [0.29, 0.717) is 5.76 Å². The standard InChI is InChI=1S/C31H33NO.2C2H6/c1-24-11-17-27(18-12-24)29(23-31(33)28-19-13-25(2)14-20-28)10-8-6-5-7-9-26-15-21-30(22-16-26)32(3)4;2*1-2/h5-7,9-23,33H,8H2,1-4H3;2*1-2H3/p+1/b6-5+,9-7+,29-10+,31-23-;;. The van der Waals surface area contributed by atoms with Gasteiger partial charge in [-0.25, -0.2) is 0 Å². The molecule has 0 spiro atoms. The van der Waals surface area contributed by atoms with Crippen molar-refractivity contribution in [1.29, 1.82) is 0 Å². The smallest absolute Gasteiger partial charge is 0.261 e. The van der Waals surface area contributed by atoms with Gasteiger partial charge in [0, 0.05) is 25.9 Å². The summed E-state index contributed by atoms with van der Waals surface area (Å²) in [6.45, 7) is 12.2. The molecule has 0 radical (unpaired) electrons. The van der Waals surface area contributed by atoms with Crippen molar-refractivity contribution < 1.29 is 5.11 Å². The van der Waals surface area contributed by atoms with Gasteiger partial charge in [0.2, 0.25) is 0 Å². The lowest BCUT2D eigenvalue weighted by Gasteiger charge is -2.11. The molecule has 2 heteroatoms. The van der Waals surface area contributed by atoms with Crippen LogP contribution in [0.1, 0.15) is 61.9 Å². The topological polar surface area (TPSA) is 26.1 Å². The molecule has 0 heterocycles. The Bertz CT molecular complexity index is 1140. The van der Waals surface area contributed by atoms with Gasteiger partial charge in [0.15, 0.2) is 0 Å². The normalized spacial score (nSPS) is 11.6. The number of hydrogen-bond acceptors (Lipinski definition) is 1. The lowest BCUT2D eigenvalue weighted by molar-refractivity contribution is 0.512. The van der Waals surface area contributed by atoms with Crippen molar-refractivity contribution in [3.8, 4) is 0 Å². The Hall–Kier alpha value is -3.78. The van der Waals surface area contributed by atoms with E-state index in [4.69, 9.17) is 5.11 Å². The van der Waals surface area contributed by atoms with E-state index < -0.39 is 0 Å². The molecule has 196 valence electrons. The van der Waals surface area contributed by atoms with Crippen LogP contribution in [0.5, 0.6) is 0 Å². The minimum absolute atomic E-state index is 0.520. The van der Waals surface area contributed by atoms with E-state index in [0.717, 1.165) is 23.1 Å². The summed E-state index contributed by atoms with van der Waals surface area (Å²) in [6.07, 6.45) is 13.3. The molecule has 0 atom stereocenters. The molecule has 0 bridgehead atoms. The third-order valence-corrected chi connectivity index (χ3v) is 5.47. The highest BCUT2D eigenvalue weighted by molar-refractivity contribution is 5.81. The summed E-state index contributed by atoms with van der Waals surface area (Å²) in [5.41, 5.74) is 7.93. The van der Waals surface area contributed by atoms with Crippen molar-refractivity contribution in [3.05, 3.63) is 131 Å². The number of aryl methyl sites for hydroxylation is 2. The SMILES string of the molecule is CC.CC.Cc1ccc(/C([OH2+])=C/C(=C\C/C=C/C=C/c2ccc(N(C)C)cc2)c2ccc(C)cc2)cc1. The molecule has 0 aromatic heterocycles. The van der Waals surface area contributed by atoms with E-state index >= 15 is 0 Å². The summed E-state index contributed by atoms with van der Waals surface area (Å²) in [5.74, 6) is 0.520. The minimum atomic E-state index is 0.520. The van der Waals surface area contributed by atoms with Crippen molar-refractivity contribution >= 4 is 23.1 Å². The zero-order valence-electron chi connectivity index (χ0n) is 24.0. The lowest BCUT2D eigenvalue weighted by atomic mass is 10.0. The van der Waals surface area contributed by atoms with Crippen LogP contribution in [0.25, 0.3) is 17.4 Å². The van der Waals surface area contributed by atoms with Gasteiger partial charge in [-0.3, -0.25) is 0 Å². The third-order valence-electron chi connectivity index (χ3n) is 5.47. The maximum atomic E-state index is 8.58. The van der Waals surface area contributed by atoms with Crippen LogP contribution in [0.3, 0.4) is 0 Å². The minimum Gasteiger partial charge on any atom is -0.593 e. The molecule has 0 saturated carbocycles. The largest absolute Gasteiger partial charge is 0.593 e. The zero-order chi connectivity index (χ0) is 27.6. The van der Waals surface area contributed by atoms with Crippen LogP contribution in [0.2, 0.25) is 0 Å². The molecule has 2 N–H and O–H groups in total. The maximum Gasteiger partial charge on any atom is 0.261 e. The molecule has 0 aliphatic rings. The van der Waals surface area contributed by atoms with Crippen LogP contribution in [0.15, 0.2) is 103 Å². The summed E-state index contributed by atoms with van der Waals surface area (Å²) in [4.78, 5) is 2.10. The fourth-order valence-corrected chi connectivity index (χ4v) is 3.38. The Balaban J connectivity index is 0.00000163. The average Bonchev–Trinajstić information content (AvgIpc) is 2.93. The van der Waals surface area contributed by atoms with Crippen LogP contribution in [0, 0.1) is 13.8 Å². The van der Waals surface area contributed by atoms with Crippen molar-refractivity contribution in [2.75, 3.05) is 19.0 Å². The van der Waals surface area contributed by atoms with Gasteiger partial charge in [0.25, 0.3) is 5.76 Å². The molecule has 0 aliphatic heterocycles. The number of anilines is 1. The van der Waals surface area contributed by atoms with Gasteiger partial charge < -0.3 is 10.0 Å². The van der Waals surface area contributed by atoms with Gasteiger partial charge in [-0.05, 0) is 61.2 Å². The van der Waals surface area contributed by atoms with E-state index in [2.05, 4.69) is 110 Å². The van der Waals surface area contributed by atoms with E-state index in [-0.39, 0.29) is 0 Å². The van der Waals surface area contributed by atoms with Crippen molar-refractivity contribution in [1.82, 2.24) is 0 Å². The molecule has 3 rings (SSSR count). The first kappa shape index (κ1) is 31.3. The first-order valence-electron chi connectivity index (χ1n) is 13.3. The number of nitrogens with zero attached hydrogens (tertiary/aromatic N) is 1. The summed E-state index contributed by atoms with van der Waals surface area (Å²) in [5, 5.41) is 8.58. The molecular formula is C35H46NO+. The average molecular weight is 497 g/mol. The Labute approximate surface area is 226 Å². The zero-order valence-corrected chi connectivity index (χ0v) is 24.0. The Morgan fingerprint density at radius 3 is 1.73 bits per heavy atom. The number of hydrogen-bond donors (Lipinski definition) is 0. The number of allylic oxidation sites excluding steroid dienone is 6. The van der Waals surface area contributed by atoms with Crippen LogP contribution in [0.4, 0.5) is 5.69 Å². The molecule has 2 nitrogen and oxygen atoms in total. The van der Waals surface area contributed by atoms with Gasteiger partial charge in [-0.15, -0.1) is 0 Å².